The van der Waals surface area contributed by atoms with Crippen molar-refractivity contribution in [1.29, 1.82) is 0 Å². The highest BCUT2D eigenvalue weighted by Crippen LogP contribution is 2.08. The number of aryl methyl sites for hydroxylation is 1. The lowest BCUT2D eigenvalue weighted by Gasteiger charge is -2.10. The van der Waals surface area contributed by atoms with Crippen molar-refractivity contribution in [2.24, 2.45) is 0 Å². The number of amides is 2. The van der Waals surface area contributed by atoms with Crippen molar-refractivity contribution in [3.8, 4) is 0 Å². The van der Waals surface area contributed by atoms with Crippen LogP contribution < -0.4 is 16.3 Å². The molecule has 2 N–H and O–H groups in total. The van der Waals surface area contributed by atoms with Crippen LogP contribution in [0.1, 0.15) is 5.56 Å². The topological polar surface area (TPSA) is 76.0 Å². The highest BCUT2D eigenvalue weighted by atomic mass is 16.2. The second kappa shape index (κ2) is 5.69. The Balaban J connectivity index is 1.81. The number of benzene rings is 2. The summed E-state index contributed by atoms with van der Waals surface area (Å²) >= 11 is 0. The first kappa shape index (κ1) is 13.8. The summed E-state index contributed by atoms with van der Waals surface area (Å²) in [5.41, 5.74) is 4.46. The van der Waals surface area contributed by atoms with Crippen LogP contribution in [0.4, 0.5) is 10.5 Å². The molecule has 0 bridgehead atoms. The number of nitrogens with one attached hydrogen (secondary N) is 2. The van der Waals surface area contributed by atoms with E-state index in [4.69, 9.17) is 0 Å². The monoisotopic (exact) mass is 294 g/mol. The first-order chi connectivity index (χ1) is 10.6. The van der Waals surface area contributed by atoms with Crippen LogP contribution in [0.15, 0.2) is 59.7 Å². The molecule has 0 aliphatic heterocycles. The van der Waals surface area contributed by atoms with Crippen molar-refractivity contribution < 1.29 is 4.79 Å². The van der Waals surface area contributed by atoms with Crippen LogP contribution in [-0.2, 0) is 0 Å². The third-order valence-electron chi connectivity index (χ3n) is 3.20. The van der Waals surface area contributed by atoms with Crippen LogP contribution in [-0.4, -0.2) is 15.7 Å². The van der Waals surface area contributed by atoms with Gasteiger partial charge in [-0.2, -0.15) is 0 Å². The van der Waals surface area contributed by atoms with Gasteiger partial charge in [0.25, 0.3) is 5.56 Å². The molecule has 0 radical (unpaired) electrons. The molecule has 0 saturated heterocycles. The van der Waals surface area contributed by atoms with Crippen molar-refractivity contribution in [3.63, 3.8) is 0 Å². The maximum atomic E-state index is 12.2. The molecule has 0 saturated carbocycles. The van der Waals surface area contributed by atoms with Gasteiger partial charge in [0, 0.05) is 5.69 Å². The van der Waals surface area contributed by atoms with Gasteiger partial charge < -0.3 is 5.32 Å². The van der Waals surface area contributed by atoms with E-state index >= 15 is 0 Å². The molecule has 1 aromatic heterocycles. The van der Waals surface area contributed by atoms with Crippen LogP contribution in [0.5, 0.6) is 0 Å². The van der Waals surface area contributed by atoms with Crippen molar-refractivity contribution in [1.82, 2.24) is 9.66 Å². The predicted octanol–water partition coefficient (Wildman–Crippen LogP) is 2.48. The molecular formula is C16H14N4O2. The van der Waals surface area contributed by atoms with Gasteiger partial charge in [-0.3, -0.25) is 4.79 Å². The molecule has 0 unspecified atom stereocenters. The van der Waals surface area contributed by atoms with E-state index in [1.165, 1.54) is 6.33 Å². The summed E-state index contributed by atoms with van der Waals surface area (Å²) < 4.78 is 1.06. The van der Waals surface area contributed by atoms with Crippen molar-refractivity contribution in [3.05, 3.63) is 70.8 Å². The van der Waals surface area contributed by atoms with E-state index in [1.807, 2.05) is 19.1 Å². The maximum absolute atomic E-state index is 12.2. The van der Waals surface area contributed by atoms with Gasteiger partial charge in [0.2, 0.25) is 0 Å². The second-order valence-corrected chi connectivity index (χ2v) is 4.87. The SMILES string of the molecule is Cc1ccc(NC(=O)Nn2cnc3ccccc3c2=O)cc1. The molecule has 0 aliphatic carbocycles. The summed E-state index contributed by atoms with van der Waals surface area (Å²) in [4.78, 5) is 28.3. The fourth-order valence-corrected chi connectivity index (χ4v) is 2.05. The van der Waals surface area contributed by atoms with Gasteiger partial charge in [0.05, 0.1) is 10.9 Å². The van der Waals surface area contributed by atoms with E-state index in [-0.39, 0.29) is 5.56 Å². The first-order valence-corrected chi connectivity index (χ1v) is 6.74. The number of urea groups is 1. The summed E-state index contributed by atoms with van der Waals surface area (Å²) in [6, 6.07) is 13.8. The third kappa shape index (κ3) is 2.80. The van der Waals surface area contributed by atoms with Gasteiger partial charge in [-0.1, -0.05) is 29.8 Å². The molecule has 6 heteroatoms. The van der Waals surface area contributed by atoms with Gasteiger partial charge in [-0.05, 0) is 31.2 Å². The lowest BCUT2D eigenvalue weighted by Crippen LogP contribution is -2.35. The lowest BCUT2D eigenvalue weighted by molar-refractivity contribution is 0.259. The van der Waals surface area contributed by atoms with Gasteiger partial charge in [0.1, 0.15) is 6.33 Å². The largest absolute Gasteiger partial charge is 0.338 e. The Morgan fingerprint density at radius 2 is 1.82 bits per heavy atom. The number of carbonyl (C=O) groups is 1. The molecule has 3 aromatic rings. The highest BCUT2D eigenvalue weighted by molar-refractivity contribution is 5.95. The molecule has 0 aliphatic rings. The average Bonchev–Trinajstić information content (AvgIpc) is 2.53. The number of hydrogen-bond acceptors (Lipinski definition) is 3. The summed E-state index contributed by atoms with van der Waals surface area (Å²) in [5.74, 6) is 0. The van der Waals surface area contributed by atoms with Crippen LogP contribution in [0, 0.1) is 6.92 Å². The van der Waals surface area contributed by atoms with E-state index in [9.17, 15) is 9.59 Å². The Bertz CT molecular complexity index is 885. The number of rotatable bonds is 2. The molecule has 0 fully saturated rings. The van der Waals surface area contributed by atoms with E-state index in [2.05, 4.69) is 15.7 Å². The third-order valence-corrected chi connectivity index (χ3v) is 3.20. The number of carbonyl (C=O) groups excluding carboxylic acids is 1. The Morgan fingerprint density at radius 3 is 2.59 bits per heavy atom. The number of fused-ring (bicyclic) bond motifs is 1. The van der Waals surface area contributed by atoms with E-state index < -0.39 is 6.03 Å². The van der Waals surface area contributed by atoms with Crippen LogP contribution in [0.3, 0.4) is 0 Å². The molecule has 110 valence electrons. The first-order valence-electron chi connectivity index (χ1n) is 6.74. The smallest absolute Gasteiger partial charge is 0.307 e. The summed E-state index contributed by atoms with van der Waals surface area (Å²) in [7, 11) is 0. The standard InChI is InChI=1S/C16H14N4O2/c1-11-6-8-12(9-7-11)18-16(22)19-20-10-17-14-5-3-2-4-13(14)15(20)21/h2-10H,1H3,(H2,18,19,22). The zero-order chi connectivity index (χ0) is 15.5. The lowest BCUT2D eigenvalue weighted by atomic mass is 10.2. The quantitative estimate of drug-likeness (QED) is 0.762. The Hall–Kier alpha value is -3.15. The molecule has 0 spiro atoms. The molecule has 2 aromatic carbocycles. The molecule has 2 amide bonds. The molecule has 22 heavy (non-hydrogen) atoms. The van der Waals surface area contributed by atoms with Crippen LogP contribution in [0.2, 0.25) is 0 Å². The van der Waals surface area contributed by atoms with E-state index in [0.29, 0.717) is 16.6 Å². The van der Waals surface area contributed by atoms with E-state index in [0.717, 1.165) is 10.2 Å². The number of nitrogens with zero attached hydrogens (tertiary/aromatic N) is 2. The predicted molar refractivity (Wildman–Crippen MR) is 85.6 cm³/mol. The van der Waals surface area contributed by atoms with Gasteiger partial charge >= 0.3 is 6.03 Å². The van der Waals surface area contributed by atoms with Crippen molar-refractivity contribution in [2.45, 2.75) is 6.92 Å². The molecule has 3 rings (SSSR count). The minimum absolute atomic E-state index is 0.329. The Kier molecular flexibility index (Phi) is 3.57. The summed E-state index contributed by atoms with van der Waals surface area (Å²) in [5, 5.41) is 3.10. The molecular weight excluding hydrogens is 280 g/mol. The average molecular weight is 294 g/mol. The normalized spacial score (nSPS) is 10.4. The van der Waals surface area contributed by atoms with Crippen molar-refractivity contribution >= 4 is 22.6 Å². The number of aromatic nitrogens is 2. The molecule has 0 atom stereocenters. The van der Waals surface area contributed by atoms with Gasteiger partial charge in [0.15, 0.2) is 0 Å². The number of para-hydroxylation sites is 1. The summed E-state index contributed by atoms with van der Waals surface area (Å²) in [6.45, 7) is 1.96. The fourth-order valence-electron chi connectivity index (χ4n) is 2.05. The second-order valence-electron chi connectivity index (χ2n) is 4.87. The van der Waals surface area contributed by atoms with Crippen LogP contribution in [0.25, 0.3) is 10.9 Å². The molecule has 6 nitrogen and oxygen atoms in total. The van der Waals surface area contributed by atoms with Gasteiger partial charge in [-0.15, -0.1) is 0 Å². The highest BCUT2D eigenvalue weighted by Gasteiger charge is 2.06. The maximum Gasteiger partial charge on any atom is 0.338 e. The van der Waals surface area contributed by atoms with Crippen molar-refractivity contribution in [2.75, 3.05) is 10.7 Å². The summed E-state index contributed by atoms with van der Waals surface area (Å²) in [6.07, 6.45) is 1.29. The zero-order valence-electron chi connectivity index (χ0n) is 11.9. The minimum atomic E-state index is -0.511. The minimum Gasteiger partial charge on any atom is -0.307 e. The van der Waals surface area contributed by atoms with Gasteiger partial charge in [-0.25, -0.2) is 19.9 Å². The fraction of sp³-hybridized carbons (Fsp3) is 0.0625. The molecule has 1 heterocycles. The number of anilines is 1. The number of hydrogen-bond donors (Lipinski definition) is 2. The Morgan fingerprint density at radius 1 is 1.09 bits per heavy atom. The van der Waals surface area contributed by atoms with Crippen LogP contribution >= 0.6 is 0 Å². The van der Waals surface area contributed by atoms with E-state index in [1.54, 1.807) is 36.4 Å². The zero-order valence-corrected chi connectivity index (χ0v) is 11.9. The Labute approximate surface area is 126 Å².